The van der Waals surface area contributed by atoms with E-state index in [1.807, 2.05) is 19.9 Å². The van der Waals surface area contributed by atoms with Gasteiger partial charge in [0, 0.05) is 16.8 Å². The summed E-state index contributed by atoms with van der Waals surface area (Å²) in [6, 6.07) is 8.17. The van der Waals surface area contributed by atoms with Crippen LogP contribution in [0.3, 0.4) is 0 Å². The summed E-state index contributed by atoms with van der Waals surface area (Å²) < 4.78 is 5.51. The molecule has 1 aromatic heterocycles. The summed E-state index contributed by atoms with van der Waals surface area (Å²) in [6.45, 7) is 6.22. The molecule has 2 heteroatoms. The highest BCUT2D eigenvalue weighted by Gasteiger charge is 2.24. The third-order valence-electron chi connectivity index (χ3n) is 3.09. The van der Waals surface area contributed by atoms with Gasteiger partial charge in [-0.25, -0.2) is 0 Å². The van der Waals surface area contributed by atoms with Crippen molar-refractivity contribution in [2.75, 3.05) is 0 Å². The van der Waals surface area contributed by atoms with Crippen molar-refractivity contribution in [1.29, 1.82) is 0 Å². The predicted molar refractivity (Wildman–Crippen MR) is 62.9 cm³/mol. The molecule has 1 atom stereocenters. The lowest BCUT2D eigenvalue weighted by Crippen LogP contribution is -2.37. The second-order valence-corrected chi connectivity index (χ2v) is 4.73. The van der Waals surface area contributed by atoms with Crippen LogP contribution in [0.1, 0.15) is 32.3 Å². The minimum Gasteiger partial charge on any atom is -0.464 e. The number of hydrogen-bond donors (Lipinski definition) is 1. The van der Waals surface area contributed by atoms with Gasteiger partial charge in [0.2, 0.25) is 0 Å². The highest BCUT2D eigenvalue weighted by atomic mass is 16.3. The van der Waals surface area contributed by atoms with Crippen molar-refractivity contribution in [2.24, 2.45) is 5.73 Å². The largest absolute Gasteiger partial charge is 0.464 e. The second-order valence-electron chi connectivity index (χ2n) is 4.73. The molecule has 0 saturated carbocycles. The molecule has 2 nitrogen and oxygen atoms in total. The fourth-order valence-electron chi connectivity index (χ4n) is 1.76. The Morgan fingerprint density at radius 3 is 2.67 bits per heavy atom. The summed E-state index contributed by atoms with van der Waals surface area (Å²) in [7, 11) is 0. The van der Waals surface area contributed by atoms with Crippen LogP contribution < -0.4 is 5.73 Å². The summed E-state index contributed by atoms with van der Waals surface area (Å²) in [4.78, 5) is 0. The molecule has 1 aromatic carbocycles. The summed E-state index contributed by atoms with van der Waals surface area (Å²) in [5.41, 5.74) is 8.04. The van der Waals surface area contributed by atoms with Crippen LogP contribution in [0.4, 0.5) is 0 Å². The number of para-hydroxylation sites is 1. The zero-order valence-corrected chi connectivity index (χ0v) is 9.45. The molecule has 0 amide bonds. The highest BCUT2D eigenvalue weighted by Crippen LogP contribution is 2.31. The van der Waals surface area contributed by atoms with Gasteiger partial charge >= 0.3 is 0 Å². The minimum absolute atomic E-state index is 0.235. The molecule has 1 unspecified atom stereocenters. The molecule has 0 bridgehead atoms. The van der Waals surface area contributed by atoms with Gasteiger partial charge in [0.05, 0.1) is 6.26 Å². The van der Waals surface area contributed by atoms with Gasteiger partial charge < -0.3 is 10.2 Å². The van der Waals surface area contributed by atoms with E-state index < -0.39 is 0 Å². The van der Waals surface area contributed by atoms with Gasteiger partial charge in [0.25, 0.3) is 0 Å². The molecule has 0 aliphatic carbocycles. The summed E-state index contributed by atoms with van der Waals surface area (Å²) in [5, 5.41) is 1.14. The quantitative estimate of drug-likeness (QED) is 0.813. The Balaban J connectivity index is 2.56. The normalized spacial score (nSPS) is 14.4. The molecule has 0 saturated heterocycles. The minimum atomic E-state index is -0.235. The van der Waals surface area contributed by atoms with E-state index in [0.717, 1.165) is 11.0 Å². The fourth-order valence-corrected chi connectivity index (χ4v) is 1.76. The third kappa shape index (κ3) is 1.77. The number of nitrogens with two attached hydrogens (primary N) is 1. The SMILES string of the molecule is CC(c1cccc2ccoc12)C(C)(C)N. The van der Waals surface area contributed by atoms with E-state index in [2.05, 4.69) is 25.1 Å². The molecule has 2 aromatic rings. The van der Waals surface area contributed by atoms with Crippen molar-refractivity contribution in [3.8, 4) is 0 Å². The maximum Gasteiger partial charge on any atom is 0.137 e. The highest BCUT2D eigenvalue weighted by molar-refractivity contribution is 5.80. The number of rotatable bonds is 2. The zero-order chi connectivity index (χ0) is 11.1. The summed E-state index contributed by atoms with van der Waals surface area (Å²) in [6.07, 6.45) is 1.73. The van der Waals surface area contributed by atoms with Crippen molar-refractivity contribution in [2.45, 2.75) is 32.2 Å². The molecule has 2 rings (SSSR count). The average molecular weight is 203 g/mol. The van der Waals surface area contributed by atoms with E-state index in [1.165, 1.54) is 5.56 Å². The van der Waals surface area contributed by atoms with E-state index in [0.29, 0.717) is 0 Å². The van der Waals surface area contributed by atoms with E-state index in [-0.39, 0.29) is 11.5 Å². The Morgan fingerprint density at radius 1 is 1.27 bits per heavy atom. The first-order valence-electron chi connectivity index (χ1n) is 5.25. The number of hydrogen-bond acceptors (Lipinski definition) is 2. The molecular formula is C13H17NO. The Kier molecular flexibility index (Phi) is 2.31. The molecule has 2 N–H and O–H groups in total. The molecule has 0 aliphatic heterocycles. The third-order valence-corrected chi connectivity index (χ3v) is 3.09. The molecule has 80 valence electrons. The molecule has 1 heterocycles. The Bertz CT molecular complexity index is 465. The lowest BCUT2D eigenvalue weighted by molar-refractivity contribution is 0.433. The zero-order valence-electron chi connectivity index (χ0n) is 9.45. The van der Waals surface area contributed by atoms with Crippen LogP contribution in [0.25, 0.3) is 11.0 Å². The smallest absolute Gasteiger partial charge is 0.137 e. The molecule has 0 spiro atoms. The van der Waals surface area contributed by atoms with Crippen LogP contribution >= 0.6 is 0 Å². The van der Waals surface area contributed by atoms with Crippen molar-refractivity contribution in [3.63, 3.8) is 0 Å². The first-order valence-corrected chi connectivity index (χ1v) is 5.25. The van der Waals surface area contributed by atoms with E-state index in [9.17, 15) is 0 Å². The standard InChI is InChI=1S/C13H17NO/c1-9(13(2,3)14)11-6-4-5-10-7-8-15-12(10)11/h4-9H,14H2,1-3H3. The lowest BCUT2D eigenvalue weighted by atomic mass is 9.84. The van der Waals surface area contributed by atoms with Gasteiger partial charge in [0.15, 0.2) is 0 Å². The van der Waals surface area contributed by atoms with Gasteiger partial charge in [-0.05, 0) is 25.5 Å². The molecule has 0 aliphatic rings. The molecule has 15 heavy (non-hydrogen) atoms. The first kappa shape index (κ1) is 10.2. The lowest BCUT2D eigenvalue weighted by Gasteiger charge is -2.27. The average Bonchev–Trinajstić information content (AvgIpc) is 2.62. The first-order chi connectivity index (χ1) is 7.00. The van der Waals surface area contributed by atoms with Gasteiger partial charge in [-0.15, -0.1) is 0 Å². The maximum absolute atomic E-state index is 6.13. The van der Waals surface area contributed by atoms with Crippen molar-refractivity contribution in [1.82, 2.24) is 0 Å². The van der Waals surface area contributed by atoms with Crippen molar-refractivity contribution >= 4 is 11.0 Å². The predicted octanol–water partition coefficient (Wildman–Crippen LogP) is 3.27. The Labute approximate surface area is 90.1 Å². The molecule has 0 fully saturated rings. The second kappa shape index (κ2) is 3.38. The number of benzene rings is 1. The Hall–Kier alpha value is -1.28. The Morgan fingerprint density at radius 2 is 2.00 bits per heavy atom. The van der Waals surface area contributed by atoms with E-state index in [1.54, 1.807) is 6.26 Å². The van der Waals surface area contributed by atoms with Crippen LogP contribution in [-0.4, -0.2) is 5.54 Å². The molecule has 0 radical (unpaired) electrons. The van der Waals surface area contributed by atoms with Gasteiger partial charge in [-0.3, -0.25) is 0 Å². The molecular weight excluding hydrogens is 186 g/mol. The van der Waals surface area contributed by atoms with Crippen molar-refractivity contribution < 1.29 is 4.42 Å². The summed E-state index contributed by atoms with van der Waals surface area (Å²) in [5.74, 6) is 0.271. The van der Waals surface area contributed by atoms with Crippen LogP contribution in [0.15, 0.2) is 34.9 Å². The van der Waals surface area contributed by atoms with Gasteiger partial charge in [-0.1, -0.05) is 25.1 Å². The maximum atomic E-state index is 6.13. The van der Waals surface area contributed by atoms with E-state index in [4.69, 9.17) is 10.2 Å². The monoisotopic (exact) mass is 203 g/mol. The van der Waals surface area contributed by atoms with Crippen LogP contribution in [-0.2, 0) is 0 Å². The number of fused-ring (bicyclic) bond motifs is 1. The van der Waals surface area contributed by atoms with Crippen LogP contribution in [0.2, 0.25) is 0 Å². The van der Waals surface area contributed by atoms with Gasteiger partial charge in [0.1, 0.15) is 5.58 Å². The number of furan rings is 1. The van der Waals surface area contributed by atoms with Crippen molar-refractivity contribution in [3.05, 3.63) is 36.1 Å². The van der Waals surface area contributed by atoms with E-state index >= 15 is 0 Å². The van der Waals surface area contributed by atoms with Crippen LogP contribution in [0.5, 0.6) is 0 Å². The van der Waals surface area contributed by atoms with Gasteiger partial charge in [-0.2, -0.15) is 0 Å². The summed E-state index contributed by atoms with van der Waals surface area (Å²) >= 11 is 0. The van der Waals surface area contributed by atoms with Crippen LogP contribution in [0, 0.1) is 0 Å². The topological polar surface area (TPSA) is 39.2 Å². The fraction of sp³-hybridized carbons (Fsp3) is 0.385.